The van der Waals surface area contributed by atoms with Gasteiger partial charge in [0.2, 0.25) is 0 Å². The molecule has 1 N–H and O–H groups in total. The first-order valence-corrected chi connectivity index (χ1v) is 7.54. The van der Waals surface area contributed by atoms with Crippen molar-refractivity contribution >= 4 is 0 Å². The number of nitrogens with zero attached hydrogens (tertiary/aromatic N) is 1. The Morgan fingerprint density at radius 3 is 1.88 bits per heavy atom. The molecule has 0 aliphatic heterocycles. The third-order valence-electron chi connectivity index (χ3n) is 4.51. The summed E-state index contributed by atoms with van der Waals surface area (Å²) in [6.45, 7) is 0. The first-order valence-electron chi connectivity index (χ1n) is 7.54. The Morgan fingerprint density at radius 2 is 1.35 bits per heavy atom. The van der Waals surface area contributed by atoms with Gasteiger partial charge in [-0.15, -0.1) is 0 Å². The maximum atomic E-state index is 9.55. The Balaban J connectivity index is 1.94. The molecule has 0 atom stereocenters. The van der Waals surface area contributed by atoms with Gasteiger partial charge in [0.15, 0.2) is 0 Å². The molecule has 0 spiro atoms. The van der Waals surface area contributed by atoms with Crippen molar-refractivity contribution in [3.05, 3.63) is 0 Å². The summed E-state index contributed by atoms with van der Waals surface area (Å²) in [6.07, 6.45) is 15.3. The van der Waals surface area contributed by atoms with E-state index >= 15 is 0 Å². The van der Waals surface area contributed by atoms with Gasteiger partial charge in [0.1, 0.15) is 5.54 Å². The standard InChI is InChI=1S/C15H26N2/c16-13-15(11-7-3-4-8-12-15)17-14-9-5-1-2-6-10-14/h14,17H,1-12H2. The summed E-state index contributed by atoms with van der Waals surface area (Å²) in [5, 5.41) is 13.3. The summed E-state index contributed by atoms with van der Waals surface area (Å²) in [5.41, 5.74) is -0.189. The van der Waals surface area contributed by atoms with Crippen LogP contribution in [0.1, 0.15) is 77.0 Å². The summed E-state index contributed by atoms with van der Waals surface area (Å²) < 4.78 is 0. The van der Waals surface area contributed by atoms with Crippen LogP contribution in [0.5, 0.6) is 0 Å². The van der Waals surface area contributed by atoms with Crippen LogP contribution in [0.25, 0.3) is 0 Å². The number of hydrogen-bond donors (Lipinski definition) is 1. The predicted octanol–water partition coefficient (Wildman–Crippen LogP) is 3.92. The lowest BCUT2D eigenvalue weighted by Gasteiger charge is -2.31. The summed E-state index contributed by atoms with van der Waals surface area (Å²) in [6, 6.07) is 3.22. The van der Waals surface area contributed by atoms with Crippen molar-refractivity contribution in [1.29, 1.82) is 5.26 Å². The third-order valence-corrected chi connectivity index (χ3v) is 4.51. The van der Waals surface area contributed by atoms with Gasteiger partial charge in [0.05, 0.1) is 6.07 Å². The van der Waals surface area contributed by atoms with Crippen molar-refractivity contribution in [3.8, 4) is 6.07 Å². The molecule has 17 heavy (non-hydrogen) atoms. The minimum absolute atomic E-state index is 0.189. The Labute approximate surface area is 106 Å². The summed E-state index contributed by atoms with van der Waals surface area (Å²) in [7, 11) is 0. The molecule has 0 aromatic rings. The minimum Gasteiger partial charge on any atom is -0.297 e. The largest absolute Gasteiger partial charge is 0.297 e. The summed E-state index contributed by atoms with van der Waals surface area (Å²) >= 11 is 0. The number of nitrogens with one attached hydrogen (secondary N) is 1. The lowest BCUT2D eigenvalue weighted by atomic mass is 9.90. The van der Waals surface area contributed by atoms with Crippen LogP contribution < -0.4 is 5.32 Å². The van der Waals surface area contributed by atoms with Crippen LogP contribution in [-0.4, -0.2) is 11.6 Å². The molecule has 2 nitrogen and oxygen atoms in total. The van der Waals surface area contributed by atoms with Crippen molar-refractivity contribution in [2.75, 3.05) is 0 Å². The van der Waals surface area contributed by atoms with E-state index in [1.165, 1.54) is 64.2 Å². The fraction of sp³-hybridized carbons (Fsp3) is 0.933. The number of hydrogen-bond acceptors (Lipinski definition) is 2. The zero-order chi connectivity index (χ0) is 12.0. The van der Waals surface area contributed by atoms with Gasteiger partial charge >= 0.3 is 0 Å². The van der Waals surface area contributed by atoms with E-state index in [0.29, 0.717) is 6.04 Å². The maximum Gasteiger partial charge on any atom is 0.106 e. The SMILES string of the molecule is N#CC1(NC2CCCCCC2)CCCCCC1. The molecule has 2 aliphatic rings. The summed E-state index contributed by atoms with van der Waals surface area (Å²) in [5.74, 6) is 0. The maximum absolute atomic E-state index is 9.55. The molecule has 0 heterocycles. The van der Waals surface area contributed by atoms with E-state index in [1.54, 1.807) is 0 Å². The Morgan fingerprint density at radius 1 is 0.824 bits per heavy atom. The molecule has 2 saturated carbocycles. The second kappa shape index (κ2) is 6.40. The van der Waals surface area contributed by atoms with Gasteiger partial charge in [0.25, 0.3) is 0 Å². The van der Waals surface area contributed by atoms with Gasteiger partial charge in [-0.05, 0) is 25.7 Å². The first-order chi connectivity index (χ1) is 8.35. The Kier molecular flexibility index (Phi) is 4.86. The molecule has 0 aromatic carbocycles. The van der Waals surface area contributed by atoms with E-state index in [1.807, 2.05) is 0 Å². The van der Waals surface area contributed by atoms with Gasteiger partial charge < -0.3 is 0 Å². The van der Waals surface area contributed by atoms with Gasteiger partial charge in [-0.3, -0.25) is 5.32 Å². The predicted molar refractivity (Wildman–Crippen MR) is 70.7 cm³/mol. The number of nitriles is 1. The van der Waals surface area contributed by atoms with Crippen LogP contribution in [0.3, 0.4) is 0 Å². The second-order valence-electron chi connectivity index (χ2n) is 5.94. The highest BCUT2D eigenvalue weighted by molar-refractivity contribution is 5.08. The highest BCUT2D eigenvalue weighted by atomic mass is 15.0. The lowest BCUT2D eigenvalue weighted by molar-refractivity contribution is 0.301. The average molecular weight is 234 g/mol. The van der Waals surface area contributed by atoms with Gasteiger partial charge in [-0.1, -0.05) is 51.4 Å². The third kappa shape index (κ3) is 3.71. The van der Waals surface area contributed by atoms with Crippen molar-refractivity contribution in [3.63, 3.8) is 0 Å². The molecule has 0 unspecified atom stereocenters. The van der Waals surface area contributed by atoms with Crippen LogP contribution >= 0.6 is 0 Å². The molecule has 2 heteroatoms. The molecule has 0 amide bonds. The molecular weight excluding hydrogens is 208 g/mol. The highest BCUT2D eigenvalue weighted by Crippen LogP contribution is 2.29. The minimum atomic E-state index is -0.189. The van der Waals surface area contributed by atoms with Gasteiger partial charge in [0, 0.05) is 6.04 Å². The highest BCUT2D eigenvalue weighted by Gasteiger charge is 2.32. The van der Waals surface area contributed by atoms with E-state index in [0.717, 1.165) is 12.8 Å². The molecule has 0 bridgehead atoms. The van der Waals surface area contributed by atoms with Crippen LogP contribution in [-0.2, 0) is 0 Å². The monoisotopic (exact) mass is 234 g/mol. The molecular formula is C15H26N2. The van der Waals surface area contributed by atoms with Crippen LogP contribution in [0.2, 0.25) is 0 Å². The second-order valence-corrected chi connectivity index (χ2v) is 5.94. The van der Waals surface area contributed by atoms with E-state index in [2.05, 4.69) is 11.4 Å². The number of rotatable bonds is 2. The van der Waals surface area contributed by atoms with Crippen molar-refractivity contribution in [2.45, 2.75) is 88.6 Å². The van der Waals surface area contributed by atoms with Crippen LogP contribution in [0, 0.1) is 11.3 Å². The van der Waals surface area contributed by atoms with Crippen LogP contribution in [0.15, 0.2) is 0 Å². The summed E-state index contributed by atoms with van der Waals surface area (Å²) in [4.78, 5) is 0. The quantitative estimate of drug-likeness (QED) is 0.735. The Hall–Kier alpha value is -0.550. The Bertz CT molecular complexity index is 251. The van der Waals surface area contributed by atoms with E-state index in [9.17, 15) is 5.26 Å². The van der Waals surface area contributed by atoms with E-state index < -0.39 is 0 Å². The molecule has 2 rings (SSSR count). The fourth-order valence-corrected chi connectivity index (χ4v) is 3.43. The molecule has 0 saturated heterocycles. The fourth-order valence-electron chi connectivity index (χ4n) is 3.43. The molecule has 96 valence electrons. The van der Waals surface area contributed by atoms with Gasteiger partial charge in [-0.25, -0.2) is 0 Å². The van der Waals surface area contributed by atoms with Gasteiger partial charge in [-0.2, -0.15) is 5.26 Å². The molecule has 0 aromatic heterocycles. The zero-order valence-electron chi connectivity index (χ0n) is 11.0. The molecule has 2 fully saturated rings. The smallest absolute Gasteiger partial charge is 0.106 e. The van der Waals surface area contributed by atoms with Crippen molar-refractivity contribution in [2.24, 2.45) is 0 Å². The first kappa shape index (κ1) is 12.9. The molecule has 0 radical (unpaired) electrons. The van der Waals surface area contributed by atoms with Crippen molar-refractivity contribution < 1.29 is 0 Å². The van der Waals surface area contributed by atoms with Crippen molar-refractivity contribution in [1.82, 2.24) is 5.32 Å². The van der Waals surface area contributed by atoms with E-state index in [4.69, 9.17) is 0 Å². The molecule has 2 aliphatic carbocycles. The zero-order valence-corrected chi connectivity index (χ0v) is 11.0. The van der Waals surface area contributed by atoms with E-state index in [-0.39, 0.29) is 5.54 Å². The lowest BCUT2D eigenvalue weighted by Crippen LogP contribution is -2.49. The average Bonchev–Trinajstić information content (AvgIpc) is 2.73. The normalized spacial score (nSPS) is 26.8. The topological polar surface area (TPSA) is 35.8 Å². The van der Waals surface area contributed by atoms with Crippen LogP contribution in [0.4, 0.5) is 0 Å².